The van der Waals surface area contributed by atoms with Crippen LogP contribution < -0.4 is 0 Å². The van der Waals surface area contributed by atoms with Gasteiger partial charge in [0, 0.05) is 6.61 Å². The molecule has 0 fully saturated rings. The molecule has 0 rings (SSSR count). The maximum atomic E-state index is 5.80. The molecule has 0 aliphatic heterocycles. The van der Waals surface area contributed by atoms with Crippen molar-refractivity contribution < 1.29 is 4.74 Å². The minimum atomic E-state index is 0.481. The molecular weight excluding hydrogens is 160 g/mol. The van der Waals surface area contributed by atoms with Gasteiger partial charge >= 0.3 is 0 Å². The van der Waals surface area contributed by atoms with Crippen molar-refractivity contribution in [2.24, 2.45) is 11.8 Å². The molecule has 0 radical (unpaired) electrons. The molecule has 0 bridgehead atoms. The fourth-order valence-electron chi connectivity index (χ4n) is 1.70. The van der Waals surface area contributed by atoms with Gasteiger partial charge in [0.15, 0.2) is 0 Å². The molecule has 1 atom stereocenters. The predicted octanol–water partition coefficient (Wildman–Crippen LogP) is 3.87. The van der Waals surface area contributed by atoms with E-state index in [0.717, 1.165) is 25.4 Å². The molecule has 80 valence electrons. The average Bonchev–Trinajstić information content (AvgIpc) is 2.05. The second kappa shape index (κ2) is 7.37. The number of rotatable bonds is 7. The van der Waals surface area contributed by atoms with Crippen molar-refractivity contribution in [3.8, 4) is 0 Å². The van der Waals surface area contributed by atoms with Gasteiger partial charge in [-0.05, 0) is 31.1 Å². The molecule has 0 heterocycles. The lowest BCUT2D eigenvalue weighted by Crippen LogP contribution is -2.16. The molecule has 0 saturated carbocycles. The molecule has 0 spiro atoms. The summed E-state index contributed by atoms with van der Waals surface area (Å²) in [6, 6.07) is 0. The highest BCUT2D eigenvalue weighted by Crippen LogP contribution is 2.13. The molecule has 0 N–H and O–H groups in total. The topological polar surface area (TPSA) is 9.23 Å². The van der Waals surface area contributed by atoms with Gasteiger partial charge in [0.1, 0.15) is 0 Å². The number of hydrogen-bond donors (Lipinski definition) is 0. The number of hydrogen-bond acceptors (Lipinski definition) is 1. The van der Waals surface area contributed by atoms with Crippen LogP contribution in [-0.2, 0) is 4.74 Å². The second-order valence-corrected chi connectivity index (χ2v) is 4.51. The molecule has 1 nitrogen and oxygen atoms in total. The Hall–Kier alpha value is -0.0400. The molecule has 0 amide bonds. The predicted molar refractivity (Wildman–Crippen MR) is 58.9 cm³/mol. The molecule has 0 aliphatic rings. The van der Waals surface area contributed by atoms with Gasteiger partial charge in [-0.3, -0.25) is 0 Å². The Bertz CT molecular complexity index is 106. The van der Waals surface area contributed by atoms with E-state index in [9.17, 15) is 0 Å². The average molecular weight is 186 g/mol. The molecule has 0 aromatic heterocycles. The van der Waals surface area contributed by atoms with Crippen molar-refractivity contribution in [1.29, 1.82) is 0 Å². The van der Waals surface area contributed by atoms with E-state index in [2.05, 4.69) is 34.6 Å². The van der Waals surface area contributed by atoms with E-state index >= 15 is 0 Å². The van der Waals surface area contributed by atoms with Crippen LogP contribution in [0.25, 0.3) is 0 Å². The maximum Gasteiger partial charge on any atom is 0.0570 e. The Morgan fingerprint density at radius 2 is 1.54 bits per heavy atom. The van der Waals surface area contributed by atoms with Crippen molar-refractivity contribution in [3.63, 3.8) is 0 Å². The van der Waals surface area contributed by atoms with Crippen molar-refractivity contribution in [3.05, 3.63) is 0 Å². The zero-order valence-electron chi connectivity index (χ0n) is 9.97. The van der Waals surface area contributed by atoms with Gasteiger partial charge in [-0.1, -0.05) is 34.6 Å². The van der Waals surface area contributed by atoms with Crippen LogP contribution in [0.15, 0.2) is 0 Å². The molecule has 13 heavy (non-hydrogen) atoms. The van der Waals surface area contributed by atoms with Crippen molar-refractivity contribution in [1.82, 2.24) is 0 Å². The summed E-state index contributed by atoms with van der Waals surface area (Å²) in [5.74, 6) is 1.50. The molecule has 0 aliphatic carbocycles. The highest BCUT2D eigenvalue weighted by Gasteiger charge is 2.08. The Kier molecular flexibility index (Phi) is 7.35. The zero-order chi connectivity index (χ0) is 10.3. The van der Waals surface area contributed by atoms with E-state index in [-0.39, 0.29) is 0 Å². The lowest BCUT2D eigenvalue weighted by atomic mass is 10.00. The van der Waals surface area contributed by atoms with Gasteiger partial charge in [0.2, 0.25) is 0 Å². The van der Waals surface area contributed by atoms with Crippen molar-refractivity contribution in [2.45, 2.75) is 60.0 Å². The van der Waals surface area contributed by atoms with Crippen molar-refractivity contribution >= 4 is 0 Å². The van der Waals surface area contributed by atoms with Gasteiger partial charge < -0.3 is 4.74 Å². The van der Waals surface area contributed by atoms with E-state index in [1.807, 2.05) is 0 Å². The van der Waals surface area contributed by atoms with Crippen molar-refractivity contribution in [2.75, 3.05) is 6.61 Å². The summed E-state index contributed by atoms with van der Waals surface area (Å²) in [7, 11) is 0. The van der Waals surface area contributed by atoms with Crippen LogP contribution in [-0.4, -0.2) is 12.7 Å². The maximum absolute atomic E-state index is 5.80. The molecule has 1 unspecified atom stereocenters. The Morgan fingerprint density at radius 3 is 1.92 bits per heavy atom. The minimum Gasteiger partial charge on any atom is -0.378 e. The van der Waals surface area contributed by atoms with Crippen LogP contribution in [0.1, 0.15) is 53.9 Å². The number of ether oxygens (including phenoxy) is 1. The van der Waals surface area contributed by atoms with Crippen LogP contribution in [0.5, 0.6) is 0 Å². The summed E-state index contributed by atoms with van der Waals surface area (Å²) < 4.78 is 5.80. The summed E-state index contributed by atoms with van der Waals surface area (Å²) in [6.45, 7) is 12.1. The smallest absolute Gasteiger partial charge is 0.0570 e. The third-order valence-corrected chi connectivity index (χ3v) is 2.40. The standard InChI is InChI=1S/C12H26O/c1-6-12(7-2)13-9-11(5)8-10(3)4/h10-12H,6-9H2,1-5H3. The molecule has 0 aromatic rings. The summed E-state index contributed by atoms with van der Waals surface area (Å²) in [6.07, 6.45) is 4.05. The first-order valence-corrected chi connectivity index (χ1v) is 5.71. The molecule has 1 heteroatoms. The van der Waals surface area contributed by atoms with E-state index in [1.165, 1.54) is 6.42 Å². The highest BCUT2D eigenvalue weighted by molar-refractivity contribution is 4.57. The monoisotopic (exact) mass is 186 g/mol. The first-order valence-electron chi connectivity index (χ1n) is 5.71. The summed E-state index contributed by atoms with van der Waals surface area (Å²) in [5, 5.41) is 0. The van der Waals surface area contributed by atoms with Crippen LogP contribution in [0, 0.1) is 11.8 Å². The molecular formula is C12H26O. The first-order chi connectivity index (χ1) is 6.10. The second-order valence-electron chi connectivity index (χ2n) is 4.51. The van der Waals surface area contributed by atoms with Crippen LogP contribution >= 0.6 is 0 Å². The molecule has 0 aromatic carbocycles. The zero-order valence-corrected chi connectivity index (χ0v) is 9.97. The Labute approximate surface area is 83.9 Å². The third-order valence-electron chi connectivity index (χ3n) is 2.40. The first kappa shape index (κ1) is 13.0. The van der Waals surface area contributed by atoms with Gasteiger partial charge in [0.05, 0.1) is 6.10 Å². The van der Waals surface area contributed by atoms with Gasteiger partial charge in [-0.25, -0.2) is 0 Å². The van der Waals surface area contributed by atoms with Gasteiger partial charge in [0.25, 0.3) is 0 Å². The SMILES string of the molecule is CCC(CC)OCC(C)CC(C)C. The molecule has 0 saturated heterocycles. The fourth-order valence-corrected chi connectivity index (χ4v) is 1.70. The van der Waals surface area contributed by atoms with Gasteiger partial charge in [-0.15, -0.1) is 0 Å². The van der Waals surface area contributed by atoms with E-state index in [4.69, 9.17) is 4.74 Å². The fraction of sp³-hybridized carbons (Fsp3) is 1.00. The lowest BCUT2D eigenvalue weighted by Gasteiger charge is -2.19. The van der Waals surface area contributed by atoms with Gasteiger partial charge in [-0.2, -0.15) is 0 Å². The van der Waals surface area contributed by atoms with Crippen LogP contribution in [0.3, 0.4) is 0 Å². The lowest BCUT2D eigenvalue weighted by molar-refractivity contribution is 0.0243. The van der Waals surface area contributed by atoms with E-state index in [0.29, 0.717) is 12.0 Å². The normalized spacial score (nSPS) is 14.1. The largest absolute Gasteiger partial charge is 0.378 e. The third kappa shape index (κ3) is 7.06. The van der Waals surface area contributed by atoms with Crippen LogP contribution in [0.2, 0.25) is 0 Å². The summed E-state index contributed by atoms with van der Waals surface area (Å²) in [4.78, 5) is 0. The minimum absolute atomic E-state index is 0.481. The summed E-state index contributed by atoms with van der Waals surface area (Å²) >= 11 is 0. The van der Waals surface area contributed by atoms with E-state index < -0.39 is 0 Å². The van der Waals surface area contributed by atoms with E-state index in [1.54, 1.807) is 0 Å². The quantitative estimate of drug-likeness (QED) is 0.586. The Balaban J connectivity index is 3.49. The van der Waals surface area contributed by atoms with Crippen LogP contribution in [0.4, 0.5) is 0 Å². The summed E-state index contributed by atoms with van der Waals surface area (Å²) in [5.41, 5.74) is 0. The highest BCUT2D eigenvalue weighted by atomic mass is 16.5. The Morgan fingerprint density at radius 1 is 1.00 bits per heavy atom.